The molecule has 5 aliphatic rings. The van der Waals surface area contributed by atoms with E-state index in [0.29, 0.717) is 16.8 Å². The summed E-state index contributed by atoms with van der Waals surface area (Å²) in [5, 5.41) is 34.2. The zero-order chi connectivity index (χ0) is 32.8. The molecule has 0 amide bonds. The number of aryl methyl sites for hydroxylation is 1. The Morgan fingerprint density at radius 3 is 2.11 bits per heavy atom. The minimum Gasteiger partial charge on any atom is -0.511 e. The molecule has 0 aromatic heterocycles. The van der Waals surface area contributed by atoms with Gasteiger partial charge in [-0.15, -0.1) is 0 Å². The van der Waals surface area contributed by atoms with Crippen LogP contribution in [0.2, 0.25) is 0 Å². The molecule has 4 aliphatic carbocycles. The molecule has 232 valence electrons. The summed E-state index contributed by atoms with van der Waals surface area (Å²) in [5.74, 6) is -1.67. The molecule has 4 atom stereocenters. The second kappa shape index (κ2) is 11.8. The first-order valence-corrected chi connectivity index (χ1v) is 15.3. The molecular formula is C39H30N2O6. The largest absolute Gasteiger partial charge is 0.511 e. The van der Waals surface area contributed by atoms with Gasteiger partial charge < -0.3 is 20.6 Å². The van der Waals surface area contributed by atoms with Gasteiger partial charge in [0.1, 0.15) is 17.6 Å². The number of aromatic hydroxyl groups is 1. The molecule has 4 N–H and O–H groups in total. The van der Waals surface area contributed by atoms with Gasteiger partial charge >= 0.3 is 0 Å². The maximum Gasteiger partial charge on any atom is 0.198 e. The summed E-state index contributed by atoms with van der Waals surface area (Å²) < 4.78 is 0. The number of Topliss-reactive ketones (excluding diaryl/α,β-unsaturated/α-hetero) is 1. The number of anilines is 2. The highest BCUT2D eigenvalue weighted by Crippen LogP contribution is 2.40. The quantitative estimate of drug-likeness (QED) is 0.200. The fraction of sp³-hybridized carbons (Fsp3) is 0.128. The van der Waals surface area contributed by atoms with Crippen molar-refractivity contribution in [3.63, 3.8) is 0 Å². The van der Waals surface area contributed by atoms with Crippen LogP contribution in [-0.4, -0.2) is 50.5 Å². The van der Waals surface area contributed by atoms with Crippen molar-refractivity contribution in [2.24, 2.45) is 16.8 Å². The van der Waals surface area contributed by atoms with Gasteiger partial charge in [0.2, 0.25) is 0 Å². The van der Waals surface area contributed by atoms with Crippen LogP contribution in [0.15, 0.2) is 137 Å². The molecule has 0 saturated carbocycles. The number of dihydropyridines is 1. The molecule has 3 aromatic carbocycles. The van der Waals surface area contributed by atoms with Gasteiger partial charge in [0.25, 0.3) is 0 Å². The number of phenols is 1. The Hall–Kier alpha value is -5.86. The van der Waals surface area contributed by atoms with E-state index in [-0.39, 0.29) is 69.1 Å². The van der Waals surface area contributed by atoms with Crippen molar-refractivity contribution in [1.29, 1.82) is 0 Å². The van der Waals surface area contributed by atoms with E-state index in [2.05, 4.69) is 10.3 Å². The number of nitrogens with zero attached hydrogens (tertiary/aromatic N) is 1. The molecule has 0 bridgehead atoms. The Bertz CT molecular complexity index is 2080. The third kappa shape index (κ3) is 5.18. The van der Waals surface area contributed by atoms with Crippen LogP contribution in [0, 0.1) is 18.8 Å². The van der Waals surface area contributed by atoms with Gasteiger partial charge in [-0.1, -0.05) is 90.6 Å². The van der Waals surface area contributed by atoms with E-state index in [0.717, 1.165) is 16.8 Å². The van der Waals surface area contributed by atoms with E-state index in [9.17, 15) is 29.7 Å². The van der Waals surface area contributed by atoms with E-state index in [4.69, 9.17) is 0 Å². The monoisotopic (exact) mass is 622 g/mol. The summed E-state index contributed by atoms with van der Waals surface area (Å²) >= 11 is 0. The number of allylic oxidation sites excluding steroid dienone is 6. The lowest BCUT2D eigenvalue weighted by Crippen LogP contribution is -2.31. The van der Waals surface area contributed by atoms with Crippen LogP contribution >= 0.6 is 0 Å². The van der Waals surface area contributed by atoms with Crippen molar-refractivity contribution < 1.29 is 29.7 Å². The molecular weight excluding hydrogens is 592 g/mol. The maximum absolute atomic E-state index is 13.0. The van der Waals surface area contributed by atoms with Crippen molar-refractivity contribution >= 4 is 34.4 Å². The third-order valence-corrected chi connectivity index (χ3v) is 8.84. The fourth-order valence-electron chi connectivity index (χ4n) is 6.46. The highest BCUT2D eigenvalue weighted by Gasteiger charge is 2.44. The number of carbonyl (C=O) groups excluding carboxylic acids is 3. The number of aliphatic hydroxyl groups excluding tert-OH is 2. The van der Waals surface area contributed by atoms with Gasteiger partial charge in [-0.05, 0) is 42.8 Å². The summed E-state index contributed by atoms with van der Waals surface area (Å²) in [7, 11) is 0. The Labute approximate surface area is 270 Å². The first kappa shape index (κ1) is 29.8. The van der Waals surface area contributed by atoms with Gasteiger partial charge in [-0.2, -0.15) is 0 Å². The van der Waals surface area contributed by atoms with Crippen LogP contribution in [0.25, 0.3) is 0 Å². The van der Waals surface area contributed by atoms with Crippen LogP contribution in [0.4, 0.5) is 11.4 Å². The summed E-state index contributed by atoms with van der Waals surface area (Å²) in [6.45, 7) is 1.99. The molecule has 0 radical (unpaired) electrons. The van der Waals surface area contributed by atoms with E-state index in [1.165, 1.54) is 6.07 Å². The smallest absolute Gasteiger partial charge is 0.198 e. The van der Waals surface area contributed by atoms with Crippen LogP contribution in [-0.2, 0) is 4.79 Å². The number of benzene rings is 3. The Balaban J connectivity index is 0.000000151. The topological polar surface area (TPSA) is 136 Å². The predicted molar refractivity (Wildman–Crippen MR) is 179 cm³/mol. The number of ketones is 3. The second-order valence-corrected chi connectivity index (χ2v) is 11.8. The molecule has 0 fully saturated rings. The number of carbonyl (C=O) groups is 3. The number of nitrogens with one attached hydrogen (secondary N) is 1. The second-order valence-electron chi connectivity index (χ2n) is 11.8. The van der Waals surface area contributed by atoms with Crippen LogP contribution in [0.3, 0.4) is 0 Å². The van der Waals surface area contributed by atoms with Crippen molar-refractivity contribution in [3.05, 3.63) is 160 Å². The lowest BCUT2D eigenvalue weighted by molar-refractivity contribution is -0.117. The fourth-order valence-corrected chi connectivity index (χ4v) is 6.46. The van der Waals surface area contributed by atoms with Gasteiger partial charge in [0.05, 0.1) is 40.1 Å². The van der Waals surface area contributed by atoms with Gasteiger partial charge in [-0.25, -0.2) is 0 Å². The highest BCUT2D eigenvalue weighted by atomic mass is 16.3. The minimum absolute atomic E-state index is 0.0144. The molecule has 8 nitrogen and oxygen atoms in total. The average Bonchev–Trinajstić information content (AvgIpc) is 3.34. The molecule has 8 rings (SSSR count). The first-order valence-electron chi connectivity index (χ1n) is 15.3. The SMILES string of the molecule is Cc1ccc(Nc2ccc(O)c3c2C(=O)c2ccccc2C3=O)cc1.O=C1C(C2=NC3C=CC=CC3=CC2O)=C(O)C2C=CC=CC12. The number of aliphatic imine (C=N–C) groups is 1. The number of phenolic OH excluding ortho intramolecular Hbond substituents is 1. The highest BCUT2D eigenvalue weighted by molar-refractivity contribution is 6.31. The maximum atomic E-state index is 13.0. The number of hydrogen-bond donors (Lipinski definition) is 4. The third-order valence-electron chi connectivity index (χ3n) is 8.84. The van der Waals surface area contributed by atoms with Crippen LogP contribution < -0.4 is 5.32 Å². The van der Waals surface area contributed by atoms with E-state index < -0.39 is 6.10 Å². The molecule has 0 saturated heterocycles. The average molecular weight is 623 g/mol. The van der Waals surface area contributed by atoms with Crippen molar-refractivity contribution in [1.82, 2.24) is 0 Å². The van der Waals surface area contributed by atoms with Crippen molar-refractivity contribution in [2.75, 3.05) is 5.32 Å². The summed E-state index contributed by atoms with van der Waals surface area (Å²) in [4.78, 5) is 42.9. The molecule has 8 heteroatoms. The molecule has 47 heavy (non-hydrogen) atoms. The summed E-state index contributed by atoms with van der Waals surface area (Å²) in [5.41, 5.74) is 4.73. The number of aliphatic hydroxyl groups is 2. The lowest BCUT2D eigenvalue weighted by Gasteiger charge is -2.24. The van der Waals surface area contributed by atoms with E-state index in [1.807, 2.05) is 67.6 Å². The van der Waals surface area contributed by atoms with Gasteiger partial charge in [0, 0.05) is 22.7 Å². The Kier molecular flexibility index (Phi) is 7.50. The van der Waals surface area contributed by atoms with Gasteiger partial charge in [-0.3, -0.25) is 19.4 Å². The number of hydrogen-bond acceptors (Lipinski definition) is 8. The van der Waals surface area contributed by atoms with E-state index >= 15 is 0 Å². The van der Waals surface area contributed by atoms with Crippen molar-refractivity contribution in [2.45, 2.75) is 19.1 Å². The molecule has 4 unspecified atom stereocenters. The zero-order valence-electron chi connectivity index (χ0n) is 25.3. The van der Waals surface area contributed by atoms with E-state index in [1.54, 1.807) is 48.6 Å². The summed E-state index contributed by atoms with van der Waals surface area (Å²) in [6, 6.07) is 17.2. The molecule has 1 heterocycles. The first-order chi connectivity index (χ1) is 22.7. The van der Waals surface area contributed by atoms with Crippen LogP contribution in [0.5, 0.6) is 5.75 Å². The normalized spacial score (nSPS) is 23.2. The zero-order valence-corrected chi connectivity index (χ0v) is 25.3. The Morgan fingerprint density at radius 1 is 0.745 bits per heavy atom. The van der Waals surface area contributed by atoms with Gasteiger partial charge in [0.15, 0.2) is 17.3 Å². The number of rotatable bonds is 3. The molecule has 0 spiro atoms. The van der Waals surface area contributed by atoms with Crippen molar-refractivity contribution in [3.8, 4) is 5.75 Å². The Morgan fingerprint density at radius 2 is 1.40 bits per heavy atom. The van der Waals surface area contributed by atoms with Crippen LogP contribution in [0.1, 0.15) is 37.4 Å². The standard InChI is InChI=1S/C21H15NO3.C18H15NO3/c1-12-6-8-13(9-7-12)22-16-10-11-17(23)19-18(16)20(24)14-4-2-3-5-15(14)21(19)25;20-14-9-10-5-1-4-8-13(10)19-16(14)15-17(21)11-6-2-3-7-12(11)18(15)22/h2-11,22-23H,1H3;1-9,11-14,20-21H. The minimum atomic E-state index is -0.975. The lowest BCUT2D eigenvalue weighted by atomic mass is 9.82. The summed E-state index contributed by atoms with van der Waals surface area (Å²) in [6.07, 6.45) is 15.5. The predicted octanol–water partition coefficient (Wildman–Crippen LogP) is 6.20. The molecule has 1 aliphatic heterocycles. The molecule has 3 aromatic rings. The number of fused-ring (bicyclic) bond motifs is 4.